The lowest BCUT2D eigenvalue weighted by atomic mass is 10.1. The monoisotopic (exact) mass is 786 g/mol. The van der Waals surface area contributed by atoms with Gasteiger partial charge in [-0.2, -0.15) is 0 Å². The van der Waals surface area contributed by atoms with E-state index in [4.69, 9.17) is 24.8 Å². The van der Waals surface area contributed by atoms with Gasteiger partial charge in [-0.1, -0.05) is 140 Å². The largest absolute Gasteiger partial charge is 0.480 e. The Bertz CT molecular complexity index is 1060. The summed E-state index contributed by atoms with van der Waals surface area (Å²) in [6.45, 7) is 2.72. The number of carboxylic acid groups (broad SMARTS) is 1. The zero-order valence-corrected chi connectivity index (χ0v) is 34.7. The normalized spacial score (nSPS) is 14.1. The number of carbonyl (C=O) groups is 3. The average molecular weight is 786 g/mol. The van der Waals surface area contributed by atoms with Crippen molar-refractivity contribution in [3.8, 4) is 0 Å². The summed E-state index contributed by atoms with van der Waals surface area (Å²) in [6, 6.07) is -1.52. The first-order valence-electron chi connectivity index (χ1n) is 21.0. The highest BCUT2D eigenvalue weighted by Crippen LogP contribution is 2.43. The van der Waals surface area contributed by atoms with Crippen LogP contribution in [0, 0.1) is 0 Å². The number of phosphoric acid groups is 1. The first kappa shape index (κ1) is 51.7. The molecule has 0 radical (unpaired) electrons. The molecule has 0 spiro atoms. The van der Waals surface area contributed by atoms with Crippen molar-refractivity contribution in [3.05, 3.63) is 36.5 Å². The zero-order chi connectivity index (χ0) is 40.0. The molecule has 3 atom stereocenters. The fourth-order valence-corrected chi connectivity index (χ4v) is 6.26. The molecule has 0 fully saturated rings. The third-order valence-electron chi connectivity index (χ3n) is 8.86. The van der Waals surface area contributed by atoms with Gasteiger partial charge in [-0.3, -0.25) is 23.4 Å². The van der Waals surface area contributed by atoms with Gasteiger partial charge in [-0.15, -0.1) is 0 Å². The number of ether oxygens (including phenoxy) is 2. The fourth-order valence-electron chi connectivity index (χ4n) is 5.49. The van der Waals surface area contributed by atoms with E-state index in [1.54, 1.807) is 0 Å². The lowest BCUT2D eigenvalue weighted by molar-refractivity contribution is -0.161. The van der Waals surface area contributed by atoms with Crippen molar-refractivity contribution >= 4 is 25.7 Å². The maximum absolute atomic E-state index is 12.6. The molecule has 0 aliphatic heterocycles. The molecule has 0 saturated heterocycles. The number of aliphatic carboxylic acids is 1. The van der Waals surface area contributed by atoms with E-state index in [1.807, 2.05) is 0 Å². The molecule has 0 aromatic heterocycles. The van der Waals surface area contributed by atoms with E-state index < -0.39 is 51.1 Å². The second-order valence-electron chi connectivity index (χ2n) is 14.1. The van der Waals surface area contributed by atoms with Gasteiger partial charge < -0.3 is 25.2 Å². The number of carbonyl (C=O) groups excluding carboxylic acids is 2. The molecule has 0 aliphatic rings. The number of hydrogen-bond acceptors (Lipinski definition) is 9. The van der Waals surface area contributed by atoms with Crippen molar-refractivity contribution in [3.63, 3.8) is 0 Å². The highest BCUT2D eigenvalue weighted by atomic mass is 31.2. The molecule has 0 aromatic rings. The molecular weight excluding hydrogens is 709 g/mol. The maximum atomic E-state index is 12.6. The molecule has 54 heavy (non-hydrogen) atoms. The number of rotatable bonds is 39. The molecule has 0 bridgehead atoms. The van der Waals surface area contributed by atoms with E-state index in [2.05, 4.69) is 54.8 Å². The Labute approximate surface area is 327 Å². The minimum atomic E-state index is -4.71. The summed E-state index contributed by atoms with van der Waals surface area (Å²) < 4.78 is 32.6. The summed E-state index contributed by atoms with van der Waals surface area (Å²) >= 11 is 0. The molecule has 4 N–H and O–H groups in total. The summed E-state index contributed by atoms with van der Waals surface area (Å²) in [6.07, 6.45) is 39.2. The fraction of sp³-hybridized carbons (Fsp3) is 0.786. The van der Waals surface area contributed by atoms with Crippen molar-refractivity contribution in [1.82, 2.24) is 0 Å². The maximum Gasteiger partial charge on any atom is 0.472 e. The number of carboxylic acids is 1. The zero-order valence-electron chi connectivity index (χ0n) is 33.8. The lowest BCUT2D eigenvalue weighted by Crippen LogP contribution is -2.34. The van der Waals surface area contributed by atoms with E-state index in [1.165, 1.54) is 70.6 Å². The third-order valence-corrected chi connectivity index (χ3v) is 9.81. The summed E-state index contributed by atoms with van der Waals surface area (Å²) in [5, 5.41) is 8.87. The van der Waals surface area contributed by atoms with Crippen molar-refractivity contribution in [2.45, 2.75) is 193 Å². The second-order valence-corrected chi connectivity index (χ2v) is 15.6. The summed E-state index contributed by atoms with van der Waals surface area (Å²) in [7, 11) is -4.71. The Morgan fingerprint density at radius 2 is 1.00 bits per heavy atom. The van der Waals surface area contributed by atoms with Gasteiger partial charge in [-0.05, 0) is 64.2 Å². The second kappa shape index (κ2) is 37.6. The van der Waals surface area contributed by atoms with Crippen LogP contribution in [0.15, 0.2) is 36.5 Å². The van der Waals surface area contributed by atoms with Crippen LogP contribution in [0.25, 0.3) is 0 Å². The van der Waals surface area contributed by atoms with E-state index in [9.17, 15) is 23.8 Å². The van der Waals surface area contributed by atoms with Crippen LogP contribution in [-0.4, -0.2) is 59.9 Å². The Morgan fingerprint density at radius 3 is 1.52 bits per heavy atom. The molecule has 1 unspecified atom stereocenters. The van der Waals surface area contributed by atoms with Crippen LogP contribution < -0.4 is 5.73 Å². The Hall–Kier alpha value is -2.30. The van der Waals surface area contributed by atoms with E-state index >= 15 is 0 Å². The molecule has 0 amide bonds. The smallest absolute Gasteiger partial charge is 0.472 e. The van der Waals surface area contributed by atoms with Crippen LogP contribution in [0.4, 0.5) is 0 Å². The van der Waals surface area contributed by atoms with Crippen molar-refractivity contribution < 1.29 is 47.5 Å². The number of nitrogens with two attached hydrogens (primary N) is 1. The quantitative estimate of drug-likeness (QED) is 0.0234. The van der Waals surface area contributed by atoms with Gasteiger partial charge in [-0.25, -0.2) is 4.57 Å². The third kappa shape index (κ3) is 36.7. The van der Waals surface area contributed by atoms with E-state index in [-0.39, 0.29) is 19.4 Å². The minimum Gasteiger partial charge on any atom is -0.480 e. The van der Waals surface area contributed by atoms with Gasteiger partial charge in [0.1, 0.15) is 12.6 Å². The molecular formula is C42H76NO10P. The first-order chi connectivity index (χ1) is 26.1. The van der Waals surface area contributed by atoms with Crippen LogP contribution in [0.2, 0.25) is 0 Å². The van der Waals surface area contributed by atoms with Crippen molar-refractivity contribution in [1.29, 1.82) is 0 Å². The molecule has 0 rings (SSSR count). The lowest BCUT2D eigenvalue weighted by Gasteiger charge is -2.20. The van der Waals surface area contributed by atoms with Crippen LogP contribution in [0.3, 0.4) is 0 Å². The minimum absolute atomic E-state index is 0.155. The van der Waals surface area contributed by atoms with Gasteiger partial charge in [0, 0.05) is 12.8 Å². The molecule has 12 heteroatoms. The van der Waals surface area contributed by atoms with Crippen LogP contribution in [0.1, 0.15) is 181 Å². The average Bonchev–Trinajstić information content (AvgIpc) is 3.14. The number of allylic oxidation sites excluding steroid dienone is 6. The van der Waals surface area contributed by atoms with Crippen LogP contribution >= 0.6 is 7.82 Å². The van der Waals surface area contributed by atoms with Gasteiger partial charge in [0.2, 0.25) is 0 Å². The first-order valence-corrected chi connectivity index (χ1v) is 22.5. The molecule has 314 valence electrons. The van der Waals surface area contributed by atoms with E-state index in [0.29, 0.717) is 12.8 Å². The predicted octanol–water partition coefficient (Wildman–Crippen LogP) is 10.8. The summed E-state index contributed by atoms with van der Waals surface area (Å²) in [5.74, 6) is -2.40. The van der Waals surface area contributed by atoms with Gasteiger partial charge in [0.15, 0.2) is 6.10 Å². The van der Waals surface area contributed by atoms with Gasteiger partial charge in [0.25, 0.3) is 0 Å². The Balaban J connectivity index is 4.35. The van der Waals surface area contributed by atoms with E-state index in [0.717, 1.165) is 70.6 Å². The number of phosphoric ester groups is 1. The number of hydrogen-bond donors (Lipinski definition) is 3. The van der Waals surface area contributed by atoms with Crippen molar-refractivity contribution in [2.75, 3.05) is 19.8 Å². The summed E-state index contributed by atoms with van der Waals surface area (Å²) in [5.41, 5.74) is 5.32. The SMILES string of the molecule is CCCC/C=C/CCCCCCCC(=O)OC[C@@H](COP(=O)(O)OC[C@H](N)C(=O)O)OC(=O)CCCCCCCCCCC/C=C/C/C=C/CCCCC. The Kier molecular flexibility index (Phi) is 36.0. The van der Waals surface area contributed by atoms with Crippen LogP contribution in [-0.2, 0) is 37.5 Å². The highest BCUT2D eigenvalue weighted by molar-refractivity contribution is 7.47. The van der Waals surface area contributed by atoms with Crippen molar-refractivity contribution in [2.24, 2.45) is 5.73 Å². The number of esters is 2. The highest BCUT2D eigenvalue weighted by Gasteiger charge is 2.28. The van der Waals surface area contributed by atoms with Crippen LogP contribution in [0.5, 0.6) is 0 Å². The van der Waals surface area contributed by atoms with Gasteiger partial charge >= 0.3 is 25.7 Å². The molecule has 11 nitrogen and oxygen atoms in total. The standard InChI is InChI=1S/C42H76NO10P/c1-3-5-7-9-11-13-15-16-17-18-19-20-21-22-24-26-28-30-32-34-41(45)53-38(36-51-54(48,49)52-37-39(43)42(46)47)35-50-40(44)33-31-29-27-25-23-14-12-10-8-6-4-2/h10-13,16-17,38-39H,3-9,14-15,18-37,43H2,1-2H3,(H,46,47)(H,48,49)/b12-10+,13-11+,17-16+/t38-,39-/m0/s1. The molecule has 0 saturated carbocycles. The Morgan fingerprint density at radius 1 is 0.574 bits per heavy atom. The predicted molar refractivity (Wildman–Crippen MR) is 217 cm³/mol. The molecule has 0 aromatic carbocycles. The van der Waals surface area contributed by atoms with Gasteiger partial charge in [0.05, 0.1) is 13.2 Å². The number of unbranched alkanes of at least 4 members (excludes halogenated alkanes) is 19. The molecule has 0 aliphatic carbocycles. The molecule has 0 heterocycles. The topological polar surface area (TPSA) is 172 Å². The summed E-state index contributed by atoms with van der Waals surface area (Å²) in [4.78, 5) is 45.8.